The van der Waals surface area contributed by atoms with Gasteiger partial charge in [0, 0.05) is 6.42 Å². The van der Waals surface area contributed by atoms with Crippen LogP contribution in [-0.2, 0) is 28.7 Å². The number of rotatable bonds is 10. The summed E-state index contributed by atoms with van der Waals surface area (Å²) in [6, 6.07) is -5.61. The fourth-order valence-corrected chi connectivity index (χ4v) is 4.12. The molecule has 0 bridgehead atoms. The van der Waals surface area contributed by atoms with Crippen LogP contribution in [0.15, 0.2) is 35.8 Å². The molecule has 0 saturated carbocycles. The van der Waals surface area contributed by atoms with E-state index in [0.29, 0.717) is 0 Å². The summed E-state index contributed by atoms with van der Waals surface area (Å²) in [5.41, 5.74) is -1.47. The first-order chi connectivity index (χ1) is 19.0. The number of aliphatic hydroxyl groups excluding tert-OH is 2. The topological polar surface area (TPSA) is 224 Å². The number of carbonyl (C=O) groups excluding carboxylic acids is 3. The molecule has 0 aromatic rings. The van der Waals surface area contributed by atoms with Crippen molar-refractivity contribution in [1.29, 1.82) is 0 Å². The van der Waals surface area contributed by atoms with E-state index in [2.05, 4.69) is 27.8 Å². The average molecular weight is 583 g/mol. The SMILES string of the molecule is C=C/C(O)=C1\C=C(/C)C(O)C(NC)C(=O)NC(C(C)C)C(=O)NC(C(=O)NC(CCC(=O)O)C(=O)O)C(C)(CC)O1. The third-order valence-electron chi connectivity index (χ3n) is 6.89. The number of nitrogens with one attached hydrogen (secondary N) is 4. The Balaban J connectivity index is 3.83. The zero-order valence-electron chi connectivity index (χ0n) is 24.2. The first-order valence-electron chi connectivity index (χ1n) is 13.2. The molecule has 0 spiro atoms. The van der Waals surface area contributed by atoms with Crippen LogP contribution in [0.1, 0.15) is 53.9 Å². The Hall–Kier alpha value is -3.91. The lowest BCUT2D eigenvalue weighted by Crippen LogP contribution is -2.65. The maximum absolute atomic E-state index is 13.6. The normalized spacial score (nSPS) is 29.1. The van der Waals surface area contributed by atoms with Gasteiger partial charge in [0.15, 0.2) is 11.5 Å². The van der Waals surface area contributed by atoms with Crippen LogP contribution in [0.2, 0.25) is 0 Å². The van der Waals surface area contributed by atoms with E-state index in [1.807, 2.05) is 0 Å². The van der Waals surface area contributed by atoms with Gasteiger partial charge in [-0.05, 0) is 57.4 Å². The van der Waals surface area contributed by atoms with Gasteiger partial charge in [0.2, 0.25) is 17.7 Å². The number of carboxylic acids is 2. The van der Waals surface area contributed by atoms with Crippen molar-refractivity contribution < 1.29 is 49.1 Å². The van der Waals surface area contributed by atoms with Gasteiger partial charge in [-0.1, -0.05) is 27.4 Å². The lowest BCUT2D eigenvalue weighted by Gasteiger charge is -2.38. The zero-order valence-corrected chi connectivity index (χ0v) is 24.2. The van der Waals surface area contributed by atoms with Gasteiger partial charge in [-0.25, -0.2) is 4.79 Å². The van der Waals surface area contributed by atoms with Crippen LogP contribution in [0.4, 0.5) is 0 Å². The number of allylic oxidation sites excluding steroid dienone is 2. The van der Waals surface area contributed by atoms with Gasteiger partial charge in [-0.3, -0.25) is 19.2 Å². The highest BCUT2D eigenvalue weighted by molar-refractivity contribution is 5.95. The zero-order chi connectivity index (χ0) is 31.7. The summed E-state index contributed by atoms with van der Waals surface area (Å²) in [4.78, 5) is 63.1. The summed E-state index contributed by atoms with van der Waals surface area (Å²) >= 11 is 0. The van der Waals surface area contributed by atoms with Gasteiger partial charge in [-0.2, -0.15) is 0 Å². The van der Waals surface area contributed by atoms with E-state index in [-0.39, 0.29) is 17.8 Å². The summed E-state index contributed by atoms with van der Waals surface area (Å²) < 4.78 is 6.11. The third kappa shape index (κ3) is 9.32. The number of aliphatic carboxylic acids is 2. The second-order valence-electron chi connectivity index (χ2n) is 10.3. The Kier molecular flexibility index (Phi) is 13.0. The lowest BCUT2D eigenvalue weighted by atomic mass is 9.90. The number of carbonyl (C=O) groups is 5. The standard InChI is InChI=1S/C27H42N4O10/c1-8-16(32)17-12-14(5)21(35)20(28-7)24(37)30-19(13(3)4)23(36)31-22(27(6,9-2)41-17)25(38)29-15(26(39)40)10-11-18(33)34/h8,12-13,15,19-22,28,32,35H,1,9-11H2,2-7H3,(H,29,38)(H,30,37)(H,31,36)(H,33,34)(H,39,40)/b14-12+,17-16-. The quantitative estimate of drug-likeness (QED) is 0.161. The second-order valence-corrected chi connectivity index (χ2v) is 10.3. The molecule has 1 heterocycles. The van der Waals surface area contributed by atoms with Gasteiger partial charge in [0.05, 0.1) is 6.10 Å². The minimum atomic E-state index is -1.65. The monoisotopic (exact) mass is 582 g/mol. The number of hydrogen-bond acceptors (Lipinski definition) is 9. The molecule has 1 aliphatic heterocycles. The molecular formula is C27H42N4O10. The molecule has 0 saturated heterocycles. The highest BCUT2D eigenvalue weighted by Gasteiger charge is 2.45. The Morgan fingerprint density at radius 2 is 1.78 bits per heavy atom. The Morgan fingerprint density at radius 3 is 2.24 bits per heavy atom. The van der Waals surface area contributed by atoms with Crippen molar-refractivity contribution >= 4 is 29.7 Å². The average Bonchev–Trinajstić information content (AvgIpc) is 2.90. The second kappa shape index (κ2) is 15.2. The first-order valence-corrected chi connectivity index (χ1v) is 13.2. The van der Waals surface area contributed by atoms with Crippen LogP contribution < -0.4 is 21.3 Å². The lowest BCUT2D eigenvalue weighted by molar-refractivity contribution is -0.146. The summed E-state index contributed by atoms with van der Waals surface area (Å²) in [6.07, 6.45) is -0.0641. The van der Waals surface area contributed by atoms with Crippen LogP contribution in [0.3, 0.4) is 0 Å². The smallest absolute Gasteiger partial charge is 0.326 e. The molecule has 0 aromatic carbocycles. The maximum Gasteiger partial charge on any atom is 0.326 e. The summed E-state index contributed by atoms with van der Waals surface area (Å²) in [7, 11) is 1.44. The van der Waals surface area contributed by atoms with Gasteiger partial charge >= 0.3 is 11.9 Å². The third-order valence-corrected chi connectivity index (χ3v) is 6.89. The highest BCUT2D eigenvalue weighted by atomic mass is 16.5. The number of likely N-dealkylation sites (N-methyl/N-ethyl adjacent to an activating group) is 1. The molecule has 6 atom stereocenters. The number of hydrogen-bond donors (Lipinski definition) is 8. The van der Waals surface area contributed by atoms with Gasteiger partial charge < -0.3 is 46.4 Å². The van der Waals surface area contributed by atoms with E-state index in [9.17, 15) is 39.3 Å². The van der Waals surface area contributed by atoms with Crippen molar-refractivity contribution in [2.24, 2.45) is 5.92 Å². The van der Waals surface area contributed by atoms with Crippen molar-refractivity contribution in [2.75, 3.05) is 7.05 Å². The minimum absolute atomic E-state index is 0.0272. The predicted octanol–water partition coefficient (Wildman–Crippen LogP) is 0.0959. The molecule has 1 rings (SSSR count). The Labute approximate surface area is 238 Å². The van der Waals surface area contributed by atoms with Crippen molar-refractivity contribution in [3.05, 3.63) is 35.8 Å². The molecule has 3 amide bonds. The summed E-state index contributed by atoms with van der Waals surface area (Å²) in [5, 5.41) is 50.2. The molecule has 0 aromatic heterocycles. The Bertz CT molecular complexity index is 1090. The Morgan fingerprint density at radius 1 is 1.17 bits per heavy atom. The van der Waals surface area contributed by atoms with Crippen LogP contribution in [0.5, 0.6) is 0 Å². The van der Waals surface area contributed by atoms with Crippen molar-refractivity contribution in [2.45, 2.75) is 89.8 Å². The molecular weight excluding hydrogens is 540 g/mol. The van der Waals surface area contributed by atoms with Crippen molar-refractivity contribution in [3.63, 3.8) is 0 Å². The van der Waals surface area contributed by atoms with E-state index in [1.54, 1.807) is 20.8 Å². The van der Waals surface area contributed by atoms with Crippen molar-refractivity contribution in [3.8, 4) is 0 Å². The van der Waals surface area contributed by atoms with E-state index in [1.165, 1.54) is 27.0 Å². The number of amides is 3. The van der Waals surface area contributed by atoms with E-state index in [4.69, 9.17) is 9.84 Å². The molecule has 14 nitrogen and oxygen atoms in total. The predicted molar refractivity (Wildman–Crippen MR) is 147 cm³/mol. The maximum atomic E-state index is 13.6. The van der Waals surface area contributed by atoms with Gasteiger partial charge in [0.1, 0.15) is 29.8 Å². The molecule has 0 fully saturated rings. The number of ether oxygens (including phenoxy) is 1. The fourth-order valence-electron chi connectivity index (χ4n) is 4.12. The van der Waals surface area contributed by atoms with Gasteiger partial charge in [-0.15, -0.1) is 0 Å². The van der Waals surface area contributed by atoms with Crippen LogP contribution in [0.25, 0.3) is 0 Å². The number of carboxylic acid groups (broad SMARTS) is 2. The molecule has 8 N–H and O–H groups in total. The first kappa shape index (κ1) is 35.1. The summed E-state index contributed by atoms with van der Waals surface area (Å²) in [6.45, 7) is 11.4. The molecule has 6 unspecified atom stereocenters. The molecule has 0 aliphatic carbocycles. The summed E-state index contributed by atoms with van der Waals surface area (Å²) in [5.74, 6) is -6.50. The van der Waals surface area contributed by atoms with E-state index >= 15 is 0 Å². The largest absolute Gasteiger partial charge is 0.504 e. The number of aliphatic hydroxyl groups is 2. The van der Waals surface area contributed by atoms with Crippen molar-refractivity contribution in [1.82, 2.24) is 21.3 Å². The van der Waals surface area contributed by atoms with Gasteiger partial charge in [0.25, 0.3) is 0 Å². The molecule has 41 heavy (non-hydrogen) atoms. The molecule has 0 radical (unpaired) electrons. The minimum Gasteiger partial charge on any atom is -0.504 e. The highest BCUT2D eigenvalue weighted by Crippen LogP contribution is 2.28. The fraction of sp³-hybridized carbons (Fsp3) is 0.593. The van der Waals surface area contributed by atoms with Crippen LogP contribution in [0, 0.1) is 5.92 Å². The van der Waals surface area contributed by atoms with Crippen LogP contribution >= 0.6 is 0 Å². The molecule has 1 aliphatic rings. The van der Waals surface area contributed by atoms with Crippen LogP contribution in [-0.4, -0.2) is 93.0 Å². The molecule has 230 valence electrons. The van der Waals surface area contributed by atoms with E-state index in [0.717, 1.165) is 6.08 Å². The molecule has 14 heteroatoms. The van der Waals surface area contributed by atoms with E-state index < -0.39 is 90.1 Å².